The molecule has 3 rings (SSSR count). The topological polar surface area (TPSA) is 82.6 Å². The molecule has 2 heterocycles. The summed E-state index contributed by atoms with van der Waals surface area (Å²) in [5.74, 6) is 1.87. The average Bonchev–Trinajstić information content (AvgIpc) is 2.92. The monoisotopic (exact) mass is 225 g/mol. The van der Waals surface area contributed by atoms with Gasteiger partial charge in [-0.25, -0.2) is 0 Å². The second-order valence-electron chi connectivity index (χ2n) is 4.65. The minimum Gasteiger partial charge on any atom is -0.389 e. The molecule has 0 aromatic carbocycles. The number of hydrogen-bond acceptors (Lipinski definition) is 6. The molecule has 2 fully saturated rings. The van der Waals surface area contributed by atoms with Gasteiger partial charge in [-0.05, 0) is 12.8 Å². The molecule has 1 saturated carbocycles. The molecular formula is C10H15N3O3. The quantitative estimate of drug-likeness (QED) is 0.720. The molecule has 2 aliphatic rings. The van der Waals surface area contributed by atoms with Crippen LogP contribution in [-0.4, -0.2) is 50.6 Å². The van der Waals surface area contributed by atoms with Crippen molar-refractivity contribution in [1.29, 1.82) is 0 Å². The highest BCUT2D eigenvalue weighted by molar-refractivity contribution is 5.03. The van der Waals surface area contributed by atoms with Gasteiger partial charge < -0.3 is 14.7 Å². The summed E-state index contributed by atoms with van der Waals surface area (Å²) < 4.78 is 5.13. The Labute approximate surface area is 92.9 Å². The van der Waals surface area contributed by atoms with Crippen LogP contribution in [0.2, 0.25) is 0 Å². The Kier molecular flexibility index (Phi) is 2.42. The van der Waals surface area contributed by atoms with Crippen molar-refractivity contribution in [2.24, 2.45) is 0 Å². The number of β-amino-alcohol motifs (C(OH)–C–C–N with tert-alkyl or cyclic N) is 2. The first-order chi connectivity index (χ1) is 7.72. The number of aliphatic hydroxyl groups excluding tert-OH is 2. The Morgan fingerprint density at radius 2 is 1.94 bits per heavy atom. The molecule has 0 spiro atoms. The fourth-order valence-corrected chi connectivity index (χ4v) is 2.01. The summed E-state index contributed by atoms with van der Waals surface area (Å²) in [7, 11) is 0. The Balaban J connectivity index is 1.61. The van der Waals surface area contributed by atoms with Crippen LogP contribution in [0.4, 0.5) is 0 Å². The number of likely N-dealkylation sites (tertiary alicyclic amines) is 1. The normalized spacial score (nSPS) is 31.1. The lowest BCUT2D eigenvalue weighted by Crippen LogP contribution is -2.22. The van der Waals surface area contributed by atoms with E-state index >= 15 is 0 Å². The van der Waals surface area contributed by atoms with Crippen LogP contribution in [0.5, 0.6) is 0 Å². The molecule has 0 bridgehead atoms. The van der Waals surface area contributed by atoms with Crippen LogP contribution >= 0.6 is 0 Å². The van der Waals surface area contributed by atoms with Gasteiger partial charge in [-0.1, -0.05) is 5.16 Å². The van der Waals surface area contributed by atoms with Crippen molar-refractivity contribution in [3.63, 3.8) is 0 Å². The second kappa shape index (κ2) is 3.80. The molecule has 6 heteroatoms. The Hall–Kier alpha value is -0.980. The highest BCUT2D eigenvalue weighted by Crippen LogP contribution is 2.38. The van der Waals surface area contributed by atoms with Crippen molar-refractivity contribution >= 4 is 0 Å². The molecule has 1 aromatic rings. The summed E-state index contributed by atoms with van der Waals surface area (Å²) in [4.78, 5) is 6.22. The van der Waals surface area contributed by atoms with E-state index < -0.39 is 12.2 Å². The van der Waals surface area contributed by atoms with Crippen molar-refractivity contribution in [3.8, 4) is 0 Å². The minimum atomic E-state index is -0.661. The van der Waals surface area contributed by atoms with E-state index in [4.69, 9.17) is 4.52 Å². The third-order valence-corrected chi connectivity index (χ3v) is 3.12. The molecule has 1 aromatic heterocycles. The number of aliphatic hydroxyl groups is 2. The van der Waals surface area contributed by atoms with Gasteiger partial charge in [0.05, 0.1) is 18.8 Å². The zero-order valence-corrected chi connectivity index (χ0v) is 8.91. The van der Waals surface area contributed by atoms with E-state index in [1.807, 2.05) is 4.90 Å². The first-order valence-corrected chi connectivity index (χ1v) is 5.63. The van der Waals surface area contributed by atoms with Crippen LogP contribution in [0.3, 0.4) is 0 Å². The predicted molar refractivity (Wildman–Crippen MR) is 53.6 cm³/mol. The summed E-state index contributed by atoms with van der Waals surface area (Å²) in [6.45, 7) is 1.43. The molecule has 2 N–H and O–H groups in total. The van der Waals surface area contributed by atoms with Gasteiger partial charge >= 0.3 is 0 Å². The van der Waals surface area contributed by atoms with Gasteiger partial charge in [0.2, 0.25) is 5.89 Å². The molecule has 16 heavy (non-hydrogen) atoms. The number of hydrogen-bond donors (Lipinski definition) is 2. The summed E-state index contributed by atoms with van der Waals surface area (Å²) >= 11 is 0. The zero-order chi connectivity index (χ0) is 11.1. The van der Waals surface area contributed by atoms with E-state index in [-0.39, 0.29) is 0 Å². The smallest absolute Gasteiger partial charge is 0.240 e. The minimum absolute atomic E-state index is 0.461. The van der Waals surface area contributed by atoms with Gasteiger partial charge in [0.15, 0.2) is 5.82 Å². The van der Waals surface area contributed by atoms with E-state index in [1.165, 1.54) is 0 Å². The third-order valence-electron chi connectivity index (χ3n) is 3.12. The summed E-state index contributed by atoms with van der Waals surface area (Å²) in [5, 5.41) is 22.7. The van der Waals surface area contributed by atoms with Gasteiger partial charge in [-0.3, -0.25) is 4.90 Å². The second-order valence-corrected chi connectivity index (χ2v) is 4.65. The van der Waals surface area contributed by atoms with E-state index in [0.29, 0.717) is 31.4 Å². The molecular weight excluding hydrogens is 210 g/mol. The van der Waals surface area contributed by atoms with E-state index in [0.717, 1.165) is 18.7 Å². The van der Waals surface area contributed by atoms with E-state index in [2.05, 4.69) is 10.1 Å². The fourth-order valence-electron chi connectivity index (χ4n) is 2.01. The Bertz CT molecular complexity index is 367. The molecule has 88 valence electrons. The molecule has 1 saturated heterocycles. The van der Waals surface area contributed by atoms with Crippen molar-refractivity contribution < 1.29 is 14.7 Å². The highest BCUT2D eigenvalue weighted by Gasteiger charge is 2.32. The van der Waals surface area contributed by atoms with Crippen molar-refractivity contribution in [1.82, 2.24) is 15.0 Å². The number of aromatic nitrogens is 2. The first-order valence-electron chi connectivity index (χ1n) is 5.63. The maximum atomic E-state index is 9.39. The fraction of sp³-hybridized carbons (Fsp3) is 0.800. The maximum Gasteiger partial charge on any atom is 0.240 e. The Morgan fingerprint density at radius 1 is 1.25 bits per heavy atom. The summed E-state index contributed by atoms with van der Waals surface area (Å²) in [6, 6.07) is 0. The zero-order valence-electron chi connectivity index (χ0n) is 8.91. The molecule has 0 unspecified atom stereocenters. The largest absolute Gasteiger partial charge is 0.389 e. The highest BCUT2D eigenvalue weighted by atomic mass is 16.5. The molecule has 6 nitrogen and oxygen atoms in total. The van der Waals surface area contributed by atoms with Crippen LogP contribution in [0.1, 0.15) is 30.5 Å². The molecule has 2 atom stereocenters. The van der Waals surface area contributed by atoms with Crippen LogP contribution in [0, 0.1) is 0 Å². The predicted octanol–water partition coefficient (Wildman–Crippen LogP) is -0.516. The SMILES string of the molecule is O[C@@H]1CN(Cc2nc(C3CC3)no2)C[C@@H]1O. The maximum absolute atomic E-state index is 9.39. The lowest BCUT2D eigenvalue weighted by atomic mass is 10.3. The van der Waals surface area contributed by atoms with Crippen LogP contribution in [0.15, 0.2) is 4.52 Å². The molecule has 0 amide bonds. The van der Waals surface area contributed by atoms with Crippen molar-refractivity contribution in [2.45, 2.75) is 37.5 Å². The van der Waals surface area contributed by atoms with Crippen LogP contribution < -0.4 is 0 Å². The van der Waals surface area contributed by atoms with Crippen LogP contribution in [-0.2, 0) is 6.54 Å². The van der Waals surface area contributed by atoms with Gasteiger partial charge in [0, 0.05) is 19.0 Å². The first kappa shape index (κ1) is 10.2. The van der Waals surface area contributed by atoms with Gasteiger partial charge in [0.25, 0.3) is 0 Å². The van der Waals surface area contributed by atoms with E-state index in [9.17, 15) is 10.2 Å². The van der Waals surface area contributed by atoms with E-state index in [1.54, 1.807) is 0 Å². The summed E-state index contributed by atoms with van der Waals surface area (Å²) in [5.41, 5.74) is 0. The van der Waals surface area contributed by atoms with Gasteiger partial charge in [-0.2, -0.15) is 4.98 Å². The lowest BCUT2D eigenvalue weighted by molar-refractivity contribution is 0.0572. The van der Waals surface area contributed by atoms with Gasteiger partial charge in [-0.15, -0.1) is 0 Å². The molecule has 0 radical (unpaired) electrons. The third kappa shape index (κ3) is 1.95. The van der Waals surface area contributed by atoms with Gasteiger partial charge in [0.1, 0.15) is 0 Å². The lowest BCUT2D eigenvalue weighted by Gasteiger charge is -2.10. The standard InChI is InChI=1S/C10H15N3O3/c14-7-3-13(4-8(7)15)5-9-11-10(12-16-9)6-1-2-6/h6-8,14-15H,1-5H2/t7-,8+. The summed E-state index contributed by atoms with van der Waals surface area (Å²) in [6.07, 6.45) is 0.983. The average molecular weight is 225 g/mol. The number of nitrogens with zero attached hydrogens (tertiary/aromatic N) is 3. The van der Waals surface area contributed by atoms with Crippen molar-refractivity contribution in [3.05, 3.63) is 11.7 Å². The molecule has 1 aliphatic heterocycles. The molecule has 1 aliphatic carbocycles. The van der Waals surface area contributed by atoms with Crippen molar-refractivity contribution in [2.75, 3.05) is 13.1 Å². The van der Waals surface area contributed by atoms with Crippen LogP contribution in [0.25, 0.3) is 0 Å². The number of rotatable bonds is 3. The Morgan fingerprint density at radius 3 is 2.56 bits per heavy atom.